The van der Waals surface area contributed by atoms with Crippen LogP contribution in [0.15, 0.2) is 63.4 Å². The maximum absolute atomic E-state index is 11.9. The Morgan fingerprint density at radius 2 is 2.19 bits per heavy atom. The Kier molecular flexibility index (Phi) is 6.39. The van der Waals surface area contributed by atoms with Gasteiger partial charge in [-0.05, 0) is 29.8 Å². The van der Waals surface area contributed by atoms with Crippen LogP contribution in [0.2, 0.25) is 0 Å². The summed E-state index contributed by atoms with van der Waals surface area (Å²) in [5.41, 5.74) is 3.63. The van der Waals surface area contributed by atoms with Gasteiger partial charge in [0.1, 0.15) is 5.82 Å². The van der Waals surface area contributed by atoms with Crippen molar-refractivity contribution in [2.75, 3.05) is 22.3 Å². The van der Waals surface area contributed by atoms with E-state index in [0.717, 1.165) is 21.8 Å². The molecule has 3 aromatic rings. The van der Waals surface area contributed by atoms with Crippen molar-refractivity contribution in [2.24, 2.45) is 5.10 Å². The number of hydrogen-bond acceptors (Lipinski definition) is 8. The summed E-state index contributed by atoms with van der Waals surface area (Å²) in [6, 6.07) is 12.9. The molecule has 0 spiro atoms. The van der Waals surface area contributed by atoms with Crippen molar-refractivity contribution < 1.29 is 4.79 Å². The highest BCUT2D eigenvalue weighted by Crippen LogP contribution is 2.17. The predicted octanol–water partition coefficient (Wildman–Crippen LogP) is 2.33. The summed E-state index contributed by atoms with van der Waals surface area (Å²) in [4.78, 5) is 16.0. The number of halogens is 1. The van der Waals surface area contributed by atoms with E-state index >= 15 is 0 Å². The monoisotopic (exact) mass is 446 g/mol. The molecule has 0 bridgehead atoms. The van der Waals surface area contributed by atoms with Gasteiger partial charge in [-0.3, -0.25) is 4.79 Å². The van der Waals surface area contributed by atoms with Crippen molar-refractivity contribution in [1.29, 1.82) is 0 Å². The Bertz CT molecular complexity index is 947. The second kappa shape index (κ2) is 9.14. The Balaban J connectivity index is 1.53. The van der Waals surface area contributed by atoms with Crippen molar-refractivity contribution in [2.45, 2.75) is 5.16 Å². The molecule has 0 saturated heterocycles. The largest absolute Gasteiger partial charge is 0.334 e. The van der Waals surface area contributed by atoms with Gasteiger partial charge in [-0.25, -0.2) is 15.1 Å². The first-order chi connectivity index (χ1) is 13.1. The summed E-state index contributed by atoms with van der Waals surface area (Å²) in [6.07, 6.45) is 3.23. The Hall–Kier alpha value is -2.92. The molecule has 0 unspecified atom stereocenters. The first-order valence-electron chi connectivity index (χ1n) is 7.70. The molecule has 0 atom stereocenters. The highest BCUT2D eigenvalue weighted by Gasteiger charge is 2.12. The maximum atomic E-state index is 11.9. The van der Waals surface area contributed by atoms with Crippen LogP contribution in [0.3, 0.4) is 0 Å². The number of nitrogens with zero attached hydrogens (tertiary/aromatic N) is 5. The molecule has 2 heterocycles. The SMILES string of the molecule is Nn1c(N/N=C/c2cccc(Br)c2)nnc1SCC(=O)Nc1ccccn1. The van der Waals surface area contributed by atoms with Gasteiger partial charge in [-0.15, -0.1) is 10.2 Å². The van der Waals surface area contributed by atoms with Crippen molar-refractivity contribution in [3.8, 4) is 0 Å². The quantitative estimate of drug-likeness (QED) is 0.220. The van der Waals surface area contributed by atoms with Crippen LogP contribution in [0, 0.1) is 0 Å². The van der Waals surface area contributed by atoms with E-state index in [1.54, 1.807) is 30.6 Å². The summed E-state index contributed by atoms with van der Waals surface area (Å²) in [6.45, 7) is 0. The number of thioether (sulfide) groups is 1. The standard InChI is InChI=1S/C16H15BrN8OS/c17-12-5-3-4-11(8-12)9-20-22-15-23-24-16(25(15)18)27-10-14(26)21-13-6-1-2-7-19-13/h1-9H,10,18H2,(H,22,23)(H,19,21,26)/b20-9+. The van der Waals surface area contributed by atoms with Gasteiger partial charge < -0.3 is 11.2 Å². The zero-order chi connectivity index (χ0) is 19.1. The first kappa shape index (κ1) is 18.9. The molecule has 0 saturated carbocycles. The second-order valence-corrected chi connectivity index (χ2v) is 7.01. The molecule has 1 amide bonds. The van der Waals surface area contributed by atoms with E-state index in [-0.39, 0.29) is 17.6 Å². The van der Waals surface area contributed by atoms with Crippen molar-refractivity contribution in [3.63, 3.8) is 0 Å². The Morgan fingerprint density at radius 1 is 1.30 bits per heavy atom. The lowest BCUT2D eigenvalue weighted by molar-refractivity contribution is -0.113. The lowest BCUT2D eigenvalue weighted by Gasteiger charge is -2.04. The third kappa shape index (κ3) is 5.53. The van der Waals surface area contributed by atoms with Gasteiger partial charge in [-0.1, -0.05) is 45.9 Å². The lowest BCUT2D eigenvalue weighted by atomic mass is 10.2. The van der Waals surface area contributed by atoms with Crippen LogP contribution in [-0.4, -0.2) is 37.7 Å². The number of hydrogen-bond donors (Lipinski definition) is 3. The van der Waals surface area contributed by atoms with E-state index in [1.165, 1.54) is 4.68 Å². The van der Waals surface area contributed by atoms with Gasteiger partial charge in [0.05, 0.1) is 12.0 Å². The Morgan fingerprint density at radius 3 is 2.96 bits per heavy atom. The third-order valence-electron chi connectivity index (χ3n) is 3.16. The molecule has 2 aromatic heterocycles. The molecule has 9 nitrogen and oxygen atoms in total. The number of pyridine rings is 1. The summed E-state index contributed by atoms with van der Waals surface area (Å²) in [5.74, 6) is 6.57. The Labute approximate surface area is 167 Å². The summed E-state index contributed by atoms with van der Waals surface area (Å²) < 4.78 is 2.19. The van der Waals surface area contributed by atoms with Gasteiger partial charge >= 0.3 is 0 Å². The fraction of sp³-hybridized carbons (Fsp3) is 0.0625. The molecule has 27 heavy (non-hydrogen) atoms. The molecule has 11 heteroatoms. The molecule has 0 fully saturated rings. The van der Waals surface area contributed by atoms with Crippen molar-refractivity contribution in [3.05, 3.63) is 58.7 Å². The summed E-state index contributed by atoms with van der Waals surface area (Å²) >= 11 is 4.55. The normalized spacial score (nSPS) is 10.9. The van der Waals surface area contributed by atoms with E-state index in [2.05, 4.69) is 47.0 Å². The summed E-state index contributed by atoms with van der Waals surface area (Å²) in [7, 11) is 0. The number of anilines is 2. The molecule has 4 N–H and O–H groups in total. The smallest absolute Gasteiger partial charge is 0.264 e. The number of hydrazone groups is 1. The molecule has 138 valence electrons. The second-order valence-electron chi connectivity index (χ2n) is 5.15. The zero-order valence-electron chi connectivity index (χ0n) is 13.9. The van der Waals surface area contributed by atoms with Gasteiger partial charge in [-0.2, -0.15) is 5.10 Å². The molecular formula is C16H15BrN8OS. The third-order valence-corrected chi connectivity index (χ3v) is 4.59. The minimum atomic E-state index is -0.219. The number of aromatic nitrogens is 4. The van der Waals surface area contributed by atoms with Gasteiger partial charge in [0.2, 0.25) is 11.1 Å². The van der Waals surface area contributed by atoms with E-state index in [1.807, 2.05) is 24.3 Å². The van der Waals surface area contributed by atoms with Crippen LogP contribution in [0.25, 0.3) is 0 Å². The molecule has 0 aliphatic rings. The van der Waals surface area contributed by atoms with Gasteiger partial charge in [0, 0.05) is 10.7 Å². The van der Waals surface area contributed by atoms with Crippen LogP contribution in [-0.2, 0) is 4.79 Å². The minimum absolute atomic E-state index is 0.118. The molecule has 1 aromatic carbocycles. The number of nitrogens with two attached hydrogens (primary N) is 1. The molecule has 0 radical (unpaired) electrons. The van der Waals surface area contributed by atoms with Crippen LogP contribution < -0.4 is 16.6 Å². The van der Waals surface area contributed by atoms with Gasteiger partial charge in [0.15, 0.2) is 0 Å². The zero-order valence-corrected chi connectivity index (χ0v) is 16.3. The molecule has 0 aliphatic carbocycles. The van der Waals surface area contributed by atoms with E-state index in [9.17, 15) is 4.79 Å². The fourth-order valence-corrected chi connectivity index (χ4v) is 3.02. The number of rotatable bonds is 7. The van der Waals surface area contributed by atoms with Gasteiger partial charge in [0.25, 0.3) is 5.95 Å². The van der Waals surface area contributed by atoms with Crippen LogP contribution in [0.5, 0.6) is 0 Å². The van der Waals surface area contributed by atoms with E-state index < -0.39 is 0 Å². The highest BCUT2D eigenvalue weighted by atomic mass is 79.9. The maximum Gasteiger partial charge on any atom is 0.264 e. The van der Waals surface area contributed by atoms with Crippen LogP contribution in [0.4, 0.5) is 11.8 Å². The molecule has 0 aliphatic heterocycles. The van der Waals surface area contributed by atoms with Crippen molar-refractivity contribution in [1.82, 2.24) is 19.9 Å². The predicted molar refractivity (Wildman–Crippen MR) is 109 cm³/mol. The number of nitrogens with one attached hydrogen (secondary N) is 2. The lowest BCUT2D eigenvalue weighted by Crippen LogP contribution is -2.17. The average Bonchev–Trinajstić information content (AvgIpc) is 3.01. The van der Waals surface area contributed by atoms with E-state index in [0.29, 0.717) is 11.0 Å². The summed E-state index contributed by atoms with van der Waals surface area (Å²) in [5, 5.41) is 15.0. The highest BCUT2D eigenvalue weighted by molar-refractivity contribution is 9.10. The minimum Gasteiger partial charge on any atom is -0.334 e. The first-order valence-corrected chi connectivity index (χ1v) is 9.48. The number of benzene rings is 1. The van der Waals surface area contributed by atoms with E-state index in [4.69, 9.17) is 5.84 Å². The fourth-order valence-electron chi connectivity index (χ4n) is 1.95. The topological polar surface area (TPSA) is 123 Å². The number of carbonyl (C=O) groups excluding carboxylic acids is 1. The van der Waals surface area contributed by atoms with Crippen molar-refractivity contribution >= 4 is 51.6 Å². The number of amides is 1. The average molecular weight is 447 g/mol. The number of carbonyl (C=O) groups is 1. The number of nitrogen functional groups attached to an aromatic ring is 1. The molecular weight excluding hydrogens is 432 g/mol. The van der Waals surface area contributed by atoms with Crippen LogP contribution in [0.1, 0.15) is 5.56 Å². The van der Waals surface area contributed by atoms with Crippen LogP contribution >= 0.6 is 27.7 Å². The molecule has 3 rings (SSSR count).